The molecule has 2 aromatic rings. The number of hydrogen-bond acceptors (Lipinski definition) is 3. The summed E-state index contributed by atoms with van der Waals surface area (Å²) < 4.78 is 5.34. The van der Waals surface area contributed by atoms with Crippen molar-refractivity contribution in [1.82, 2.24) is 10.3 Å². The van der Waals surface area contributed by atoms with Gasteiger partial charge in [0.2, 0.25) is 0 Å². The molecule has 2 heterocycles. The number of fused-ring (bicyclic) bond motifs is 1. The van der Waals surface area contributed by atoms with E-state index in [4.69, 9.17) is 4.74 Å². The zero-order valence-electron chi connectivity index (χ0n) is 21.2. The van der Waals surface area contributed by atoms with Gasteiger partial charge in [-0.2, -0.15) is 0 Å². The van der Waals surface area contributed by atoms with Crippen molar-refractivity contribution in [1.29, 1.82) is 0 Å². The number of aromatic nitrogens is 1. The molecule has 0 saturated carbocycles. The van der Waals surface area contributed by atoms with Gasteiger partial charge in [0.15, 0.2) is 0 Å². The van der Waals surface area contributed by atoms with E-state index >= 15 is 0 Å². The van der Waals surface area contributed by atoms with Crippen LogP contribution in [0.25, 0.3) is 10.9 Å². The maximum absolute atomic E-state index is 5.34. The fourth-order valence-corrected chi connectivity index (χ4v) is 3.07. The van der Waals surface area contributed by atoms with Gasteiger partial charge >= 0.3 is 0 Å². The van der Waals surface area contributed by atoms with Gasteiger partial charge < -0.3 is 10.1 Å². The zero-order valence-corrected chi connectivity index (χ0v) is 21.2. The van der Waals surface area contributed by atoms with Crippen LogP contribution in [-0.4, -0.2) is 24.7 Å². The van der Waals surface area contributed by atoms with Crippen LogP contribution in [-0.2, 0) is 6.42 Å². The molecule has 1 aliphatic heterocycles. The second-order valence-corrected chi connectivity index (χ2v) is 6.44. The second-order valence-electron chi connectivity index (χ2n) is 6.44. The van der Waals surface area contributed by atoms with Crippen LogP contribution in [0.5, 0.6) is 5.75 Å². The summed E-state index contributed by atoms with van der Waals surface area (Å²) in [5.41, 5.74) is 2.38. The summed E-state index contributed by atoms with van der Waals surface area (Å²) in [6, 6.07) is 8.75. The molecule has 0 spiro atoms. The van der Waals surface area contributed by atoms with Crippen LogP contribution in [0.2, 0.25) is 0 Å². The first-order chi connectivity index (χ1) is 14.7. The molecule has 0 radical (unpaired) electrons. The molecule has 3 rings (SSSR count). The lowest BCUT2D eigenvalue weighted by molar-refractivity contribution is 0.349. The monoisotopic (exact) mass is 416 g/mol. The van der Waals surface area contributed by atoms with Crippen molar-refractivity contribution in [3.63, 3.8) is 0 Å². The first-order valence-electron chi connectivity index (χ1n) is 12.0. The van der Waals surface area contributed by atoms with Crippen molar-refractivity contribution in [3.8, 4) is 5.75 Å². The summed E-state index contributed by atoms with van der Waals surface area (Å²) in [5.74, 6) is 1.51. The molecule has 0 amide bonds. The number of ether oxygens (including phenoxy) is 1. The van der Waals surface area contributed by atoms with Crippen molar-refractivity contribution in [3.05, 3.63) is 48.7 Å². The summed E-state index contributed by atoms with van der Waals surface area (Å²) in [4.78, 5) is 4.45. The highest BCUT2D eigenvalue weighted by Gasteiger charge is 2.19. The Balaban J connectivity index is 0. The van der Waals surface area contributed by atoms with E-state index in [0.717, 1.165) is 24.2 Å². The van der Waals surface area contributed by atoms with Gasteiger partial charge in [-0.3, -0.25) is 4.98 Å². The first-order valence-corrected chi connectivity index (χ1v) is 12.0. The maximum Gasteiger partial charge on any atom is 0.119 e. The number of pyridine rings is 1. The van der Waals surface area contributed by atoms with Crippen LogP contribution in [0.1, 0.15) is 80.2 Å². The molecule has 1 aliphatic rings. The molecule has 2 atom stereocenters. The molecule has 1 unspecified atom stereocenters. The number of nitrogens with one attached hydrogen (secondary N) is 1. The molecule has 1 aromatic heterocycles. The minimum absolute atomic E-state index is 0.540. The van der Waals surface area contributed by atoms with E-state index in [0.29, 0.717) is 12.0 Å². The van der Waals surface area contributed by atoms with Crippen molar-refractivity contribution in [2.45, 2.75) is 87.1 Å². The van der Waals surface area contributed by atoms with E-state index in [-0.39, 0.29) is 0 Å². The lowest BCUT2D eigenvalue weighted by Gasteiger charge is -2.28. The third kappa shape index (κ3) is 10.8. The average molecular weight is 417 g/mol. The van der Waals surface area contributed by atoms with Gasteiger partial charge in [0.1, 0.15) is 5.75 Å². The van der Waals surface area contributed by atoms with Gasteiger partial charge in [-0.15, -0.1) is 6.58 Å². The van der Waals surface area contributed by atoms with Crippen LogP contribution >= 0.6 is 0 Å². The molecule has 1 N–H and O–H groups in total. The highest BCUT2D eigenvalue weighted by molar-refractivity contribution is 5.83. The third-order valence-electron chi connectivity index (χ3n) is 4.39. The Kier molecular flexibility index (Phi) is 20.6. The number of piperidine rings is 1. The molecular formula is C27H48N2O. The van der Waals surface area contributed by atoms with E-state index in [1.54, 1.807) is 7.11 Å². The van der Waals surface area contributed by atoms with Crippen molar-refractivity contribution >= 4 is 10.9 Å². The van der Waals surface area contributed by atoms with Gasteiger partial charge in [0, 0.05) is 24.2 Å². The lowest BCUT2D eigenvalue weighted by Crippen LogP contribution is -2.39. The summed E-state index contributed by atoms with van der Waals surface area (Å²) in [5, 5.41) is 4.84. The maximum atomic E-state index is 5.34. The van der Waals surface area contributed by atoms with Gasteiger partial charge in [0.25, 0.3) is 0 Å². The van der Waals surface area contributed by atoms with Crippen LogP contribution in [0.4, 0.5) is 0 Å². The Hall–Kier alpha value is -1.87. The van der Waals surface area contributed by atoms with Crippen LogP contribution < -0.4 is 10.1 Å². The molecule has 1 saturated heterocycles. The Labute approximate surface area is 187 Å². The number of rotatable bonds is 4. The fourth-order valence-electron chi connectivity index (χ4n) is 3.07. The summed E-state index contributed by atoms with van der Waals surface area (Å²) in [6.45, 7) is 21.2. The topological polar surface area (TPSA) is 34.1 Å². The van der Waals surface area contributed by atoms with E-state index in [1.165, 1.54) is 30.2 Å². The molecule has 30 heavy (non-hydrogen) atoms. The van der Waals surface area contributed by atoms with Crippen LogP contribution in [0.15, 0.2) is 43.1 Å². The molecule has 0 bridgehead atoms. The Morgan fingerprint density at radius 2 is 1.70 bits per heavy atom. The molecule has 172 valence electrons. The number of benzene rings is 1. The number of nitrogens with zero attached hydrogens (tertiary/aromatic N) is 1. The van der Waals surface area contributed by atoms with Crippen LogP contribution in [0, 0.1) is 5.92 Å². The van der Waals surface area contributed by atoms with Crippen molar-refractivity contribution < 1.29 is 4.74 Å². The van der Waals surface area contributed by atoms with Gasteiger partial charge in [-0.1, -0.05) is 67.9 Å². The average Bonchev–Trinajstić information content (AvgIpc) is 2.84. The molecule has 1 aromatic carbocycles. The van der Waals surface area contributed by atoms with Crippen molar-refractivity contribution in [2.24, 2.45) is 5.92 Å². The Morgan fingerprint density at radius 1 is 1.07 bits per heavy atom. The normalized spacial score (nSPS) is 16.7. The lowest BCUT2D eigenvalue weighted by atomic mass is 9.90. The Morgan fingerprint density at radius 3 is 2.20 bits per heavy atom. The van der Waals surface area contributed by atoms with Crippen LogP contribution in [0.3, 0.4) is 0 Å². The minimum atomic E-state index is 0.540. The highest BCUT2D eigenvalue weighted by atomic mass is 16.5. The fraction of sp³-hybridized carbons (Fsp3) is 0.593. The van der Waals surface area contributed by atoms with E-state index in [1.807, 2.05) is 59.9 Å². The molecule has 0 aliphatic carbocycles. The Bertz CT molecular complexity index is 646. The standard InChI is InChI=1S/C18H22N2O.C3H8.3C2H6/c1-3-13-4-5-15(20-12-13)10-14-8-9-19-18-7-6-16(21-2)11-17(14)18;1-3-2;3*1-2/h3,6-9,11,13,15,20H,1,4-5,10,12H2,2H3;3H2,1-2H3;3*1-2H3/t13-,15?;;;;/m1..../s1. The summed E-state index contributed by atoms with van der Waals surface area (Å²) >= 11 is 0. The molecule has 3 nitrogen and oxygen atoms in total. The predicted octanol–water partition coefficient (Wildman–Crippen LogP) is 7.84. The molecule has 1 fully saturated rings. The highest BCUT2D eigenvalue weighted by Crippen LogP contribution is 2.25. The molecular weight excluding hydrogens is 368 g/mol. The zero-order chi connectivity index (χ0) is 23.4. The van der Waals surface area contributed by atoms with Crippen molar-refractivity contribution in [2.75, 3.05) is 13.7 Å². The SMILES string of the molecule is C=C[C@@H]1CCC(Cc2ccnc3ccc(OC)cc23)NC1.CC.CC.CC.CCC. The van der Waals surface area contributed by atoms with Gasteiger partial charge in [-0.25, -0.2) is 0 Å². The third-order valence-corrected chi connectivity index (χ3v) is 4.39. The van der Waals surface area contributed by atoms with E-state index < -0.39 is 0 Å². The summed E-state index contributed by atoms with van der Waals surface area (Å²) in [7, 11) is 1.70. The summed E-state index contributed by atoms with van der Waals surface area (Å²) in [6.07, 6.45) is 8.68. The first kappa shape index (κ1) is 30.3. The molecule has 3 heteroatoms. The second kappa shape index (κ2) is 20.4. The predicted molar refractivity (Wildman–Crippen MR) is 137 cm³/mol. The number of hydrogen-bond donors (Lipinski definition) is 1. The van der Waals surface area contributed by atoms with E-state index in [9.17, 15) is 0 Å². The largest absolute Gasteiger partial charge is 0.497 e. The minimum Gasteiger partial charge on any atom is -0.497 e. The van der Waals surface area contributed by atoms with Gasteiger partial charge in [-0.05, 0) is 55.0 Å². The number of methoxy groups -OCH3 is 1. The quantitative estimate of drug-likeness (QED) is 0.515. The van der Waals surface area contributed by atoms with E-state index in [2.05, 4.69) is 48.9 Å². The smallest absolute Gasteiger partial charge is 0.119 e. The van der Waals surface area contributed by atoms with Gasteiger partial charge in [0.05, 0.1) is 12.6 Å².